The SMILES string of the molecule is CCOC(=O)C(COCc1ccccc1)(COCc1ccccc1)C(=O)OCC. The Morgan fingerprint density at radius 2 is 1.07 bits per heavy atom. The van der Waals surface area contributed by atoms with E-state index in [4.69, 9.17) is 18.9 Å². The van der Waals surface area contributed by atoms with Crippen LogP contribution in [0, 0.1) is 5.41 Å². The van der Waals surface area contributed by atoms with E-state index in [1.165, 1.54) is 0 Å². The Morgan fingerprint density at radius 1 is 0.690 bits per heavy atom. The fraction of sp³-hybridized carbons (Fsp3) is 0.391. The molecule has 0 aromatic heterocycles. The van der Waals surface area contributed by atoms with Crippen LogP contribution in [0.4, 0.5) is 0 Å². The van der Waals surface area contributed by atoms with Crippen molar-refractivity contribution in [3.05, 3.63) is 71.8 Å². The second-order valence-electron chi connectivity index (χ2n) is 6.48. The molecule has 6 heteroatoms. The average molecular weight is 400 g/mol. The van der Waals surface area contributed by atoms with E-state index in [2.05, 4.69) is 0 Å². The van der Waals surface area contributed by atoms with Gasteiger partial charge in [-0.15, -0.1) is 0 Å². The molecule has 0 unspecified atom stereocenters. The smallest absolute Gasteiger partial charge is 0.328 e. The Labute approximate surface area is 171 Å². The summed E-state index contributed by atoms with van der Waals surface area (Å²) in [5.74, 6) is -1.42. The van der Waals surface area contributed by atoms with E-state index in [0.717, 1.165) is 11.1 Å². The van der Waals surface area contributed by atoms with Crippen molar-refractivity contribution in [2.24, 2.45) is 5.41 Å². The highest BCUT2D eigenvalue weighted by atomic mass is 16.6. The lowest BCUT2D eigenvalue weighted by molar-refractivity contribution is -0.183. The van der Waals surface area contributed by atoms with E-state index < -0.39 is 17.4 Å². The van der Waals surface area contributed by atoms with Crippen LogP contribution in [0.2, 0.25) is 0 Å². The van der Waals surface area contributed by atoms with Crippen LogP contribution in [0.3, 0.4) is 0 Å². The first kappa shape index (κ1) is 22.6. The minimum Gasteiger partial charge on any atom is -0.465 e. The Hall–Kier alpha value is -2.70. The van der Waals surface area contributed by atoms with Gasteiger partial charge in [-0.3, -0.25) is 9.59 Å². The average Bonchev–Trinajstić information content (AvgIpc) is 2.74. The maximum Gasteiger partial charge on any atom is 0.328 e. The van der Waals surface area contributed by atoms with Crippen LogP contribution in [-0.2, 0) is 41.8 Å². The third-order valence-electron chi connectivity index (χ3n) is 4.25. The number of esters is 2. The van der Waals surface area contributed by atoms with Gasteiger partial charge in [0, 0.05) is 0 Å². The van der Waals surface area contributed by atoms with Gasteiger partial charge >= 0.3 is 11.9 Å². The van der Waals surface area contributed by atoms with E-state index in [1.807, 2.05) is 60.7 Å². The third-order valence-corrected chi connectivity index (χ3v) is 4.25. The first-order valence-corrected chi connectivity index (χ1v) is 9.70. The summed E-state index contributed by atoms with van der Waals surface area (Å²) in [7, 11) is 0. The zero-order chi connectivity index (χ0) is 21.0. The van der Waals surface area contributed by atoms with Gasteiger partial charge in [-0.05, 0) is 25.0 Å². The molecule has 0 N–H and O–H groups in total. The van der Waals surface area contributed by atoms with Gasteiger partial charge in [-0.25, -0.2) is 0 Å². The lowest BCUT2D eigenvalue weighted by atomic mass is 9.90. The number of hydrogen-bond acceptors (Lipinski definition) is 6. The fourth-order valence-electron chi connectivity index (χ4n) is 2.73. The lowest BCUT2D eigenvalue weighted by Gasteiger charge is -2.28. The molecule has 29 heavy (non-hydrogen) atoms. The summed E-state index contributed by atoms with van der Waals surface area (Å²) in [6.07, 6.45) is 0. The number of carbonyl (C=O) groups excluding carboxylic acids is 2. The van der Waals surface area contributed by atoms with Crippen molar-refractivity contribution >= 4 is 11.9 Å². The molecule has 0 bridgehead atoms. The first-order valence-electron chi connectivity index (χ1n) is 9.70. The fourth-order valence-corrected chi connectivity index (χ4v) is 2.73. The van der Waals surface area contributed by atoms with Crippen LogP contribution < -0.4 is 0 Å². The quantitative estimate of drug-likeness (QED) is 0.401. The summed E-state index contributed by atoms with van der Waals surface area (Å²) in [5, 5.41) is 0. The number of benzene rings is 2. The molecule has 2 aromatic rings. The van der Waals surface area contributed by atoms with Crippen LogP contribution in [-0.4, -0.2) is 38.4 Å². The van der Waals surface area contributed by atoms with Crippen LogP contribution in [0.25, 0.3) is 0 Å². The zero-order valence-electron chi connectivity index (χ0n) is 17.0. The summed E-state index contributed by atoms with van der Waals surface area (Å²) >= 11 is 0. The molecule has 0 saturated carbocycles. The van der Waals surface area contributed by atoms with E-state index in [0.29, 0.717) is 0 Å². The molecule has 2 aromatic carbocycles. The van der Waals surface area contributed by atoms with Gasteiger partial charge in [0.15, 0.2) is 0 Å². The molecule has 0 aliphatic carbocycles. The monoisotopic (exact) mass is 400 g/mol. The van der Waals surface area contributed by atoms with Gasteiger partial charge in [0.1, 0.15) is 0 Å². The normalized spacial score (nSPS) is 11.1. The minimum absolute atomic E-state index is 0.136. The zero-order valence-corrected chi connectivity index (χ0v) is 17.0. The van der Waals surface area contributed by atoms with Gasteiger partial charge in [0.25, 0.3) is 0 Å². The van der Waals surface area contributed by atoms with E-state index >= 15 is 0 Å². The van der Waals surface area contributed by atoms with E-state index in [1.54, 1.807) is 13.8 Å². The van der Waals surface area contributed by atoms with Crippen molar-refractivity contribution in [2.45, 2.75) is 27.1 Å². The molecule has 0 aliphatic heterocycles. The molecule has 6 nitrogen and oxygen atoms in total. The van der Waals surface area contributed by atoms with Crippen LogP contribution in [0.15, 0.2) is 60.7 Å². The second kappa shape index (κ2) is 12.0. The van der Waals surface area contributed by atoms with Crippen molar-refractivity contribution in [3.8, 4) is 0 Å². The Morgan fingerprint density at radius 3 is 1.41 bits per heavy atom. The van der Waals surface area contributed by atoms with Gasteiger partial charge in [-0.2, -0.15) is 0 Å². The minimum atomic E-state index is -1.68. The molecule has 156 valence electrons. The summed E-state index contributed by atoms with van der Waals surface area (Å²) in [5.41, 5.74) is 0.175. The molecule has 0 saturated heterocycles. The molecule has 0 heterocycles. The summed E-state index contributed by atoms with van der Waals surface area (Å²) in [4.78, 5) is 25.6. The number of rotatable bonds is 12. The van der Waals surface area contributed by atoms with Crippen LogP contribution in [0.1, 0.15) is 25.0 Å². The third kappa shape index (κ3) is 6.69. The largest absolute Gasteiger partial charge is 0.465 e. The number of hydrogen-bond donors (Lipinski definition) is 0. The van der Waals surface area contributed by atoms with Crippen molar-refractivity contribution in [1.82, 2.24) is 0 Å². The standard InChI is InChI=1S/C23H28O6/c1-3-28-21(24)23(22(25)29-4-2,17-26-15-19-11-7-5-8-12-19)18-27-16-20-13-9-6-10-14-20/h5-14H,3-4,15-18H2,1-2H3. The first-order chi connectivity index (χ1) is 14.1. The van der Waals surface area contributed by atoms with E-state index in [-0.39, 0.29) is 39.6 Å². The van der Waals surface area contributed by atoms with Crippen LogP contribution in [0.5, 0.6) is 0 Å². The van der Waals surface area contributed by atoms with Crippen molar-refractivity contribution in [3.63, 3.8) is 0 Å². The second-order valence-corrected chi connectivity index (χ2v) is 6.48. The summed E-state index contributed by atoms with van der Waals surface area (Å²) in [6, 6.07) is 19.0. The maximum absolute atomic E-state index is 12.8. The molecule has 0 fully saturated rings. The Kier molecular flexibility index (Phi) is 9.34. The van der Waals surface area contributed by atoms with E-state index in [9.17, 15) is 9.59 Å². The highest BCUT2D eigenvalue weighted by molar-refractivity contribution is 6.00. The summed E-state index contributed by atoms with van der Waals surface area (Å²) < 4.78 is 21.8. The summed E-state index contributed by atoms with van der Waals surface area (Å²) in [6.45, 7) is 3.74. The highest BCUT2D eigenvalue weighted by Crippen LogP contribution is 2.25. The molecule has 0 atom stereocenters. The lowest BCUT2D eigenvalue weighted by Crippen LogP contribution is -2.49. The number of ether oxygens (including phenoxy) is 4. The van der Waals surface area contributed by atoms with Gasteiger partial charge in [-0.1, -0.05) is 60.7 Å². The predicted molar refractivity (Wildman–Crippen MR) is 108 cm³/mol. The van der Waals surface area contributed by atoms with Gasteiger partial charge in [0.2, 0.25) is 5.41 Å². The molecule has 2 rings (SSSR count). The topological polar surface area (TPSA) is 71.1 Å². The molecular weight excluding hydrogens is 372 g/mol. The van der Waals surface area contributed by atoms with Crippen LogP contribution >= 0.6 is 0 Å². The molecular formula is C23H28O6. The highest BCUT2D eigenvalue weighted by Gasteiger charge is 2.50. The molecule has 0 amide bonds. The Bertz CT molecular complexity index is 679. The molecule has 0 radical (unpaired) electrons. The predicted octanol–water partition coefficient (Wildman–Crippen LogP) is 3.53. The maximum atomic E-state index is 12.8. The molecule has 0 aliphatic rings. The Balaban J connectivity index is 2.14. The van der Waals surface area contributed by atoms with Crippen molar-refractivity contribution in [1.29, 1.82) is 0 Å². The molecule has 0 spiro atoms. The van der Waals surface area contributed by atoms with Gasteiger partial charge in [0.05, 0.1) is 39.6 Å². The van der Waals surface area contributed by atoms with Gasteiger partial charge < -0.3 is 18.9 Å². The number of carbonyl (C=O) groups is 2. The van der Waals surface area contributed by atoms with Crippen molar-refractivity contribution < 1.29 is 28.5 Å². The van der Waals surface area contributed by atoms with Crippen molar-refractivity contribution in [2.75, 3.05) is 26.4 Å².